The monoisotopic (exact) mass is 404 g/mol. The number of hydrogen-bond acceptors (Lipinski definition) is 4. The first-order valence-electron chi connectivity index (χ1n) is 8.92. The fourth-order valence-electron chi connectivity index (χ4n) is 3.05. The molecule has 28 heavy (non-hydrogen) atoms. The second-order valence-electron chi connectivity index (χ2n) is 6.43. The number of nitrogens with one attached hydrogen (secondary N) is 4. The average molecular weight is 405 g/mol. The number of benzene rings is 2. The van der Waals surface area contributed by atoms with Crippen LogP contribution < -0.4 is 21.3 Å². The Kier molecular flexibility index (Phi) is 7.80. The molecular weight excluding hydrogens is 380 g/mol. The molecule has 0 aliphatic carbocycles. The third-order valence-electron chi connectivity index (χ3n) is 4.65. The molecule has 0 bridgehead atoms. The first kappa shape index (κ1) is 21.7. The van der Waals surface area contributed by atoms with E-state index in [0.717, 1.165) is 13.1 Å². The lowest BCUT2D eigenvalue weighted by Crippen LogP contribution is -2.51. The molecule has 2 aromatic rings. The number of urea groups is 1. The van der Waals surface area contributed by atoms with Gasteiger partial charge in [0.05, 0.1) is 0 Å². The normalized spacial score (nSPS) is 15.0. The fourth-order valence-corrected chi connectivity index (χ4v) is 3.05. The van der Waals surface area contributed by atoms with Crippen molar-refractivity contribution in [2.75, 3.05) is 36.1 Å². The van der Waals surface area contributed by atoms with Crippen molar-refractivity contribution < 1.29 is 14.3 Å². The number of halogens is 1. The molecule has 1 aliphatic rings. The van der Waals surface area contributed by atoms with Gasteiger partial charge < -0.3 is 26.0 Å². The van der Waals surface area contributed by atoms with E-state index in [0.29, 0.717) is 29.9 Å². The molecule has 3 rings (SSSR count). The molecule has 4 N–H and O–H groups in total. The number of carbonyl (C=O) groups is 2. The van der Waals surface area contributed by atoms with E-state index in [1.54, 1.807) is 31.4 Å². The Morgan fingerprint density at radius 2 is 1.36 bits per heavy atom. The van der Waals surface area contributed by atoms with E-state index in [4.69, 9.17) is 4.74 Å². The van der Waals surface area contributed by atoms with Crippen molar-refractivity contribution in [2.45, 2.75) is 18.4 Å². The zero-order valence-corrected chi connectivity index (χ0v) is 16.5. The number of amides is 3. The van der Waals surface area contributed by atoms with Crippen molar-refractivity contribution >= 4 is 41.4 Å². The van der Waals surface area contributed by atoms with Gasteiger partial charge in [0.15, 0.2) is 0 Å². The van der Waals surface area contributed by atoms with Gasteiger partial charge in [0.2, 0.25) is 0 Å². The second kappa shape index (κ2) is 10.1. The fraction of sp³-hybridized carbons (Fsp3) is 0.300. The molecule has 1 fully saturated rings. The Hall–Kier alpha value is -2.61. The van der Waals surface area contributed by atoms with Crippen LogP contribution in [-0.2, 0) is 9.53 Å². The van der Waals surface area contributed by atoms with Crippen molar-refractivity contribution in [2.24, 2.45) is 0 Å². The van der Waals surface area contributed by atoms with Gasteiger partial charge in [-0.1, -0.05) is 18.2 Å². The van der Waals surface area contributed by atoms with Crippen LogP contribution in [0.5, 0.6) is 0 Å². The molecule has 1 heterocycles. The van der Waals surface area contributed by atoms with Crippen LogP contribution in [0.2, 0.25) is 0 Å². The zero-order valence-electron chi connectivity index (χ0n) is 15.7. The van der Waals surface area contributed by atoms with Crippen molar-refractivity contribution in [1.82, 2.24) is 5.32 Å². The molecule has 2 aromatic carbocycles. The molecule has 150 valence electrons. The maximum atomic E-state index is 12.6. The van der Waals surface area contributed by atoms with E-state index in [9.17, 15) is 9.59 Å². The number of hydrogen-bond donors (Lipinski definition) is 4. The molecule has 1 saturated heterocycles. The van der Waals surface area contributed by atoms with Gasteiger partial charge in [0, 0.05) is 24.2 Å². The van der Waals surface area contributed by atoms with E-state index in [2.05, 4.69) is 21.3 Å². The van der Waals surface area contributed by atoms with Crippen molar-refractivity contribution in [1.29, 1.82) is 0 Å². The van der Waals surface area contributed by atoms with Crippen molar-refractivity contribution in [3.05, 3.63) is 54.6 Å². The Balaban J connectivity index is 0.00000280. The molecule has 0 atom stereocenters. The number of ether oxygens (including phenoxy) is 1. The smallest absolute Gasteiger partial charge is 0.323 e. The van der Waals surface area contributed by atoms with Gasteiger partial charge in [0.25, 0.3) is 5.91 Å². The maximum Gasteiger partial charge on any atom is 0.323 e. The largest absolute Gasteiger partial charge is 0.368 e. The van der Waals surface area contributed by atoms with Crippen molar-refractivity contribution in [3.8, 4) is 0 Å². The van der Waals surface area contributed by atoms with Crippen LogP contribution in [0, 0.1) is 0 Å². The van der Waals surface area contributed by atoms with Gasteiger partial charge in [0.1, 0.15) is 5.60 Å². The second-order valence-corrected chi connectivity index (χ2v) is 6.43. The minimum Gasteiger partial charge on any atom is -0.368 e. The van der Waals surface area contributed by atoms with Gasteiger partial charge in [-0.25, -0.2) is 4.79 Å². The van der Waals surface area contributed by atoms with Crippen LogP contribution in [0.4, 0.5) is 21.9 Å². The molecule has 1 aliphatic heterocycles. The summed E-state index contributed by atoms with van der Waals surface area (Å²) in [4.78, 5) is 24.7. The number of carbonyl (C=O) groups excluding carboxylic acids is 2. The Bertz CT molecular complexity index is 778. The van der Waals surface area contributed by atoms with Gasteiger partial charge in [-0.05, 0) is 62.3 Å². The lowest BCUT2D eigenvalue weighted by Gasteiger charge is -2.34. The SMILES string of the molecule is COC1(C(=O)Nc2ccc(NC(=O)Nc3ccccc3)cc2)CCNCC1.Cl. The molecule has 0 radical (unpaired) electrons. The number of anilines is 3. The third kappa shape index (κ3) is 5.45. The summed E-state index contributed by atoms with van der Waals surface area (Å²) in [6.07, 6.45) is 1.27. The molecule has 0 spiro atoms. The van der Waals surface area contributed by atoms with Gasteiger partial charge >= 0.3 is 6.03 Å². The number of rotatable bonds is 5. The molecule has 7 nitrogen and oxygen atoms in total. The first-order valence-corrected chi connectivity index (χ1v) is 8.92. The molecule has 0 unspecified atom stereocenters. The zero-order chi connectivity index (χ0) is 19.1. The standard InChI is InChI=1S/C20H24N4O3.ClH/c1-27-20(11-13-21-14-12-20)18(25)22-16-7-9-17(10-8-16)24-19(26)23-15-5-3-2-4-6-15;/h2-10,21H,11-14H2,1H3,(H,22,25)(H2,23,24,26);1H. The lowest BCUT2D eigenvalue weighted by molar-refractivity contribution is -0.140. The predicted molar refractivity (Wildman–Crippen MR) is 113 cm³/mol. The molecular formula is C20H25ClN4O3. The molecule has 0 aromatic heterocycles. The van der Waals surface area contributed by atoms with E-state index < -0.39 is 5.60 Å². The highest BCUT2D eigenvalue weighted by Gasteiger charge is 2.39. The summed E-state index contributed by atoms with van der Waals surface area (Å²) >= 11 is 0. The van der Waals surface area contributed by atoms with E-state index in [1.165, 1.54) is 0 Å². The minimum atomic E-state index is -0.794. The molecule has 0 saturated carbocycles. The highest BCUT2D eigenvalue weighted by atomic mass is 35.5. The van der Waals surface area contributed by atoms with Crippen LogP contribution in [0.3, 0.4) is 0 Å². The van der Waals surface area contributed by atoms with E-state index >= 15 is 0 Å². The van der Waals surface area contributed by atoms with Crippen LogP contribution in [-0.4, -0.2) is 37.7 Å². The van der Waals surface area contributed by atoms with Crippen LogP contribution in [0.15, 0.2) is 54.6 Å². The van der Waals surface area contributed by atoms with E-state index in [1.807, 2.05) is 30.3 Å². The molecule has 3 amide bonds. The number of para-hydroxylation sites is 1. The Morgan fingerprint density at radius 3 is 1.89 bits per heavy atom. The summed E-state index contributed by atoms with van der Waals surface area (Å²) in [6.45, 7) is 1.50. The quantitative estimate of drug-likeness (QED) is 0.614. The Morgan fingerprint density at radius 1 is 0.857 bits per heavy atom. The van der Waals surface area contributed by atoms with Crippen molar-refractivity contribution in [3.63, 3.8) is 0 Å². The lowest BCUT2D eigenvalue weighted by atomic mass is 9.91. The van der Waals surface area contributed by atoms with Gasteiger partial charge in [-0.2, -0.15) is 0 Å². The molecule has 8 heteroatoms. The minimum absolute atomic E-state index is 0. The first-order chi connectivity index (χ1) is 13.1. The summed E-state index contributed by atoms with van der Waals surface area (Å²) in [5.41, 5.74) is 1.21. The number of piperidine rings is 1. The highest BCUT2D eigenvalue weighted by Crippen LogP contribution is 2.25. The summed E-state index contributed by atoms with van der Waals surface area (Å²) in [5.74, 6) is -0.144. The topological polar surface area (TPSA) is 91.5 Å². The van der Waals surface area contributed by atoms with Crippen LogP contribution in [0.25, 0.3) is 0 Å². The third-order valence-corrected chi connectivity index (χ3v) is 4.65. The predicted octanol–water partition coefficient (Wildman–Crippen LogP) is 3.46. The number of methoxy groups -OCH3 is 1. The van der Waals surface area contributed by atoms with E-state index in [-0.39, 0.29) is 24.3 Å². The maximum absolute atomic E-state index is 12.6. The highest BCUT2D eigenvalue weighted by molar-refractivity contribution is 6.00. The Labute approximate surface area is 170 Å². The van der Waals surface area contributed by atoms with Gasteiger partial charge in [-0.15, -0.1) is 12.4 Å². The summed E-state index contributed by atoms with van der Waals surface area (Å²) in [7, 11) is 1.57. The summed E-state index contributed by atoms with van der Waals surface area (Å²) < 4.78 is 5.53. The van der Waals surface area contributed by atoms with Crippen LogP contribution in [0.1, 0.15) is 12.8 Å². The van der Waals surface area contributed by atoms with Crippen LogP contribution >= 0.6 is 12.4 Å². The van der Waals surface area contributed by atoms with Gasteiger partial charge in [-0.3, -0.25) is 4.79 Å². The summed E-state index contributed by atoms with van der Waals surface area (Å²) in [5, 5.41) is 11.6. The average Bonchev–Trinajstić information content (AvgIpc) is 2.70. The summed E-state index contributed by atoms with van der Waals surface area (Å²) in [6, 6.07) is 15.9.